The first-order chi connectivity index (χ1) is 10.3. The highest BCUT2D eigenvalue weighted by atomic mass is 16.4. The standard InChI is InChI=1S/C20H30O2/c1-13(2)14-6-8-16-15(12-14)7-9-17-19(16,3)10-5-11-20(17,4)18(21)22/h6-7,13,16-17H,5,8-12H2,1-4H3,(H,21,22)/t16-,17-,19-,20-/m1/s1. The lowest BCUT2D eigenvalue weighted by molar-refractivity contribution is -0.162. The van der Waals surface area contributed by atoms with Crippen LogP contribution in [0, 0.1) is 28.6 Å². The summed E-state index contributed by atoms with van der Waals surface area (Å²) >= 11 is 0. The summed E-state index contributed by atoms with van der Waals surface area (Å²) in [4.78, 5) is 11.9. The third-order valence-electron chi connectivity index (χ3n) is 7.09. The second kappa shape index (κ2) is 5.25. The number of carboxylic acid groups (broad SMARTS) is 1. The third-order valence-corrected chi connectivity index (χ3v) is 7.09. The maximum atomic E-state index is 11.9. The first kappa shape index (κ1) is 15.8. The van der Waals surface area contributed by atoms with Gasteiger partial charge in [-0.25, -0.2) is 0 Å². The molecule has 3 aliphatic rings. The number of hydrogen-bond donors (Lipinski definition) is 1. The summed E-state index contributed by atoms with van der Waals surface area (Å²) in [6.45, 7) is 8.93. The van der Waals surface area contributed by atoms with Crippen molar-refractivity contribution in [3.8, 4) is 0 Å². The van der Waals surface area contributed by atoms with Gasteiger partial charge in [-0.1, -0.05) is 50.5 Å². The van der Waals surface area contributed by atoms with Gasteiger partial charge in [-0.15, -0.1) is 0 Å². The van der Waals surface area contributed by atoms with E-state index >= 15 is 0 Å². The van der Waals surface area contributed by atoms with E-state index < -0.39 is 11.4 Å². The Kier molecular flexibility index (Phi) is 3.78. The molecule has 1 N–H and O–H groups in total. The summed E-state index contributed by atoms with van der Waals surface area (Å²) in [5.41, 5.74) is 2.78. The largest absolute Gasteiger partial charge is 0.481 e. The SMILES string of the molecule is CC(C)C1=CC[C@@H]2C(=CC[C@@H]3[C@]2(C)CCC[C@@]3(C)C(=O)O)C1. The van der Waals surface area contributed by atoms with Gasteiger partial charge in [-0.3, -0.25) is 4.79 Å². The van der Waals surface area contributed by atoms with E-state index in [0.717, 1.165) is 32.1 Å². The van der Waals surface area contributed by atoms with Gasteiger partial charge in [-0.05, 0) is 62.2 Å². The van der Waals surface area contributed by atoms with E-state index in [1.54, 1.807) is 11.1 Å². The molecule has 122 valence electrons. The molecule has 0 aromatic rings. The molecule has 0 heterocycles. The molecule has 0 unspecified atom stereocenters. The molecule has 2 heteroatoms. The fourth-order valence-electron chi connectivity index (χ4n) is 5.58. The van der Waals surface area contributed by atoms with Crippen LogP contribution in [-0.4, -0.2) is 11.1 Å². The Morgan fingerprint density at radius 1 is 1.23 bits per heavy atom. The lowest BCUT2D eigenvalue weighted by Gasteiger charge is -2.57. The maximum Gasteiger partial charge on any atom is 0.309 e. The molecule has 0 saturated heterocycles. The van der Waals surface area contributed by atoms with Crippen LogP contribution >= 0.6 is 0 Å². The van der Waals surface area contributed by atoms with Crippen LogP contribution in [0.25, 0.3) is 0 Å². The lowest BCUT2D eigenvalue weighted by Crippen LogP contribution is -2.53. The minimum absolute atomic E-state index is 0.161. The molecule has 3 aliphatic carbocycles. The first-order valence-corrected chi connectivity index (χ1v) is 8.90. The summed E-state index contributed by atoms with van der Waals surface area (Å²) in [6, 6.07) is 0. The van der Waals surface area contributed by atoms with E-state index in [-0.39, 0.29) is 11.3 Å². The molecule has 1 saturated carbocycles. The second-order valence-electron chi connectivity index (χ2n) is 8.55. The van der Waals surface area contributed by atoms with E-state index in [4.69, 9.17) is 0 Å². The number of allylic oxidation sites excluding steroid dienone is 4. The first-order valence-electron chi connectivity index (χ1n) is 8.90. The Morgan fingerprint density at radius 2 is 1.95 bits per heavy atom. The summed E-state index contributed by atoms with van der Waals surface area (Å²) in [5.74, 6) is 0.888. The molecule has 4 atom stereocenters. The van der Waals surface area contributed by atoms with Gasteiger partial charge in [-0.2, -0.15) is 0 Å². The highest BCUT2D eigenvalue weighted by Crippen LogP contribution is 2.62. The van der Waals surface area contributed by atoms with Crippen LogP contribution in [0.15, 0.2) is 23.3 Å². The van der Waals surface area contributed by atoms with E-state index in [2.05, 4.69) is 32.9 Å². The topological polar surface area (TPSA) is 37.3 Å². The van der Waals surface area contributed by atoms with Gasteiger partial charge in [0.1, 0.15) is 0 Å². The summed E-state index contributed by atoms with van der Waals surface area (Å²) < 4.78 is 0. The van der Waals surface area contributed by atoms with Gasteiger partial charge in [0.15, 0.2) is 0 Å². The second-order valence-corrected chi connectivity index (χ2v) is 8.55. The zero-order valence-electron chi connectivity index (χ0n) is 14.5. The van der Waals surface area contributed by atoms with Gasteiger partial charge < -0.3 is 5.11 Å². The summed E-state index contributed by atoms with van der Waals surface area (Å²) in [5, 5.41) is 9.83. The highest BCUT2D eigenvalue weighted by molar-refractivity contribution is 5.75. The molecule has 0 amide bonds. The minimum Gasteiger partial charge on any atom is -0.481 e. The fraction of sp³-hybridized carbons (Fsp3) is 0.750. The van der Waals surface area contributed by atoms with Crippen molar-refractivity contribution >= 4 is 5.97 Å². The molecule has 0 spiro atoms. The van der Waals surface area contributed by atoms with Crippen molar-refractivity contribution in [3.63, 3.8) is 0 Å². The van der Waals surface area contributed by atoms with Crippen molar-refractivity contribution < 1.29 is 9.90 Å². The summed E-state index contributed by atoms with van der Waals surface area (Å²) in [6.07, 6.45) is 11.1. The molecule has 0 aromatic carbocycles. The molecule has 2 nitrogen and oxygen atoms in total. The number of hydrogen-bond acceptors (Lipinski definition) is 1. The Hall–Kier alpha value is -1.05. The Balaban J connectivity index is 1.96. The molecule has 0 aliphatic heterocycles. The van der Waals surface area contributed by atoms with Crippen molar-refractivity contribution in [3.05, 3.63) is 23.3 Å². The Morgan fingerprint density at radius 3 is 2.59 bits per heavy atom. The number of carbonyl (C=O) groups is 1. The lowest BCUT2D eigenvalue weighted by atomic mass is 9.47. The van der Waals surface area contributed by atoms with Crippen LogP contribution in [0.5, 0.6) is 0 Å². The molecular weight excluding hydrogens is 272 g/mol. The zero-order chi connectivity index (χ0) is 16.1. The van der Waals surface area contributed by atoms with Gasteiger partial charge in [0.05, 0.1) is 5.41 Å². The van der Waals surface area contributed by atoms with Gasteiger partial charge in [0.2, 0.25) is 0 Å². The van der Waals surface area contributed by atoms with Crippen LogP contribution in [-0.2, 0) is 4.79 Å². The predicted octanol–water partition coefficient (Wildman–Crippen LogP) is 5.21. The maximum absolute atomic E-state index is 11.9. The van der Waals surface area contributed by atoms with Gasteiger partial charge >= 0.3 is 5.97 Å². The minimum atomic E-state index is -0.588. The van der Waals surface area contributed by atoms with Gasteiger partial charge in [0.25, 0.3) is 0 Å². The average molecular weight is 302 g/mol. The molecule has 1 fully saturated rings. The van der Waals surface area contributed by atoms with Crippen molar-refractivity contribution in [1.29, 1.82) is 0 Å². The number of carboxylic acids is 1. The van der Waals surface area contributed by atoms with Crippen molar-refractivity contribution in [2.75, 3.05) is 0 Å². The average Bonchev–Trinajstić information content (AvgIpc) is 2.46. The van der Waals surface area contributed by atoms with Crippen LogP contribution in [0.2, 0.25) is 0 Å². The van der Waals surface area contributed by atoms with Crippen LogP contribution in [0.4, 0.5) is 0 Å². The fourth-order valence-corrected chi connectivity index (χ4v) is 5.58. The zero-order valence-corrected chi connectivity index (χ0v) is 14.5. The number of rotatable bonds is 2. The predicted molar refractivity (Wildman–Crippen MR) is 89.5 cm³/mol. The summed E-state index contributed by atoms with van der Waals surface area (Å²) in [7, 11) is 0. The van der Waals surface area contributed by atoms with E-state index in [1.807, 2.05) is 6.92 Å². The Labute approximate surface area is 134 Å². The van der Waals surface area contributed by atoms with Crippen molar-refractivity contribution in [2.45, 2.75) is 66.2 Å². The monoisotopic (exact) mass is 302 g/mol. The number of fused-ring (bicyclic) bond motifs is 3. The molecule has 3 rings (SSSR count). The van der Waals surface area contributed by atoms with Crippen LogP contribution in [0.3, 0.4) is 0 Å². The molecular formula is C20H30O2. The van der Waals surface area contributed by atoms with Crippen LogP contribution in [0.1, 0.15) is 66.2 Å². The molecule has 22 heavy (non-hydrogen) atoms. The quantitative estimate of drug-likeness (QED) is 0.711. The normalized spacial score (nSPS) is 41.3. The van der Waals surface area contributed by atoms with E-state index in [0.29, 0.717) is 11.8 Å². The highest BCUT2D eigenvalue weighted by Gasteiger charge is 2.57. The van der Waals surface area contributed by atoms with Gasteiger partial charge in [0, 0.05) is 0 Å². The molecule has 0 bridgehead atoms. The van der Waals surface area contributed by atoms with Crippen LogP contribution < -0.4 is 0 Å². The number of aliphatic carboxylic acids is 1. The smallest absolute Gasteiger partial charge is 0.309 e. The third kappa shape index (κ3) is 2.18. The van der Waals surface area contributed by atoms with E-state index in [1.165, 1.54) is 6.42 Å². The molecule has 0 radical (unpaired) electrons. The Bertz CT molecular complexity index is 542. The van der Waals surface area contributed by atoms with Crippen molar-refractivity contribution in [2.24, 2.45) is 28.6 Å². The van der Waals surface area contributed by atoms with Crippen molar-refractivity contribution in [1.82, 2.24) is 0 Å². The molecule has 0 aromatic heterocycles. The van der Waals surface area contributed by atoms with E-state index in [9.17, 15) is 9.90 Å².